The van der Waals surface area contributed by atoms with Crippen molar-refractivity contribution in [2.75, 3.05) is 7.11 Å². The molecule has 0 radical (unpaired) electrons. The number of methoxy groups -OCH3 is 1. The standard InChI is InChI=1S/C20H24O2/c1-16-6-8-17(9-7-16)4-3-5-19(21)13-10-18-11-14-20(22-2)15-12-18/h6-9,11-12,14-15H,3-5,10,13H2,1-2H3. The van der Waals surface area contributed by atoms with Crippen LogP contribution >= 0.6 is 0 Å². The summed E-state index contributed by atoms with van der Waals surface area (Å²) in [6.45, 7) is 2.09. The number of ether oxygens (including phenoxy) is 1. The van der Waals surface area contributed by atoms with Gasteiger partial charge < -0.3 is 4.74 Å². The van der Waals surface area contributed by atoms with Gasteiger partial charge >= 0.3 is 0 Å². The second-order valence-corrected chi connectivity index (χ2v) is 5.73. The van der Waals surface area contributed by atoms with E-state index in [-0.39, 0.29) is 0 Å². The molecule has 2 nitrogen and oxygen atoms in total. The van der Waals surface area contributed by atoms with Crippen LogP contribution in [0.25, 0.3) is 0 Å². The number of hydrogen-bond acceptors (Lipinski definition) is 2. The van der Waals surface area contributed by atoms with Crippen LogP contribution in [0.1, 0.15) is 36.0 Å². The van der Waals surface area contributed by atoms with Gasteiger partial charge in [-0.05, 0) is 49.4 Å². The van der Waals surface area contributed by atoms with Crippen LogP contribution in [-0.2, 0) is 17.6 Å². The summed E-state index contributed by atoms with van der Waals surface area (Å²) in [5, 5.41) is 0. The van der Waals surface area contributed by atoms with Crippen LogP contribution in [-0.4, -0.2) is 12.9 Å². The van der Waals surface area contributed by atoms with Crippen molar-refractivity contribution in [1.29, 1.82) is 0 Å². The summed E-state index contributed by atoms with van der Waals surface area (Å²) < 4.78 is 5.13. The first-order chi connectivity index (χ1) is 10.7. The molecule has 2 aromatic carbocycles. The maximum absolute atomic E-state index is 12.0. The first kappa shape index (κ1) is 16.3. The minimum atomic E-state index is 0.350. The monoisotopic (exact) mass is 296 g/mol. The summed E-state index contributed by atoms with van der Waals surface area (Å²) in [6, 6.07) is 16.5. The maximum Gasteiger partial charge on any atom is 0.133 e. The Labute approximate surface area is 133 Å². The summed E-state index contributed by atoms with van der Waals surface area (Å²) in [5.41, 5.74) is 3.78. The Hall–Kier alpha value is -2.09. The molecule has 0 aromatic heterocycles. The summed E-state index contributed by atoms with van der Waals surface area (Å²) in [4.78, 5) is 12.0. The maximum atomic E-state index is 12.0. The fraction of sp³-hybridized carbons (Fsp3) is 0.350. The Morgan fingerprint density at radius 1 is 0.864 bits per heavy atom. The molecule has 2 aromatic rings. The largest absolute Gasteiger partial charge is 0.497 e. The summed E-state index contributed by atoms with van der Waals surface area (Å²) in [7, 11) is 1.66. The van der Waals surface area contributed by atoms with E-state index in [4.69, 9.17) is 4.74 Å². The normalized spacial score (nSPS) is 10.5. The van der Waals surface area contributed by atoms with Gasteiger partial charge in [0.1, 0.15) is 11.5 Å². The van der Waals surface area contributed by atoms with Crippen LogP contribution in [0, 0.1) is 6.92 Å². The highest BCUT2D eigenvalue weighted by atomic mass is 16.5. The zero-order valence-electron chi connectivity index (χ0n) is 13.5. The highest BCUT2D eigenvalue weighted by Crippen LogP contribution is 2.14. The average Bonchev–Trinajstić information content (AvgIpc) is 2.55. The van der Waals surface area contributed by atoms with E-state index in [1.807, 2.05) is 24.3 Å². The molecule has 0 unspecified atom stereocenters. The minimum Gasteiger partial charge on any atom is -0.497 e. The van der Waals surface area contributed by atoms with Gasteiger partial charge in [-0.2, -0.15) is 0 Å². The van der Waals surface area contributed by atoms with Crippen LogP contribution in [0.15, 0.2) is 48.5 Å². The molecule has 2 rings (SSSR count). The number of carbonyl (C=O) groups is 1. The molecular formula is C20H24O2. The molecule has 0 heterocycles. The molecule has 0 fully saturated rings. The Balaban J connectivity index is 1.68. The first-order valence-corrected chi connectivity index (χ1v) is 7.87. The fourth-order valence-electron chi connectivity index (χ4n) is 2.45. The number of rotatable bonds is 8. The molecule has 116 valence electrons. The van der Waals surface area contributed by atoms with Crippen molar-refractivity contribution in [2.45, 2.75) is 39.0 Å². The van der Waals surface area contributed by atoms with Crippen molar-refractivity contribution in [1.82, 2.24) is 0 Å². The summed E-state index contributed by atoms with van der Waals surface area (Å²) >= 11 is 0. The van der Waals surface area contributed by atoms with Gasteiger partial charge in [-0.15, -0.1) is 0 Å². The van der Waals surface area contributed by atoms with Crippen molar-refractivity contribution < 1.29 is 9.53 Å². The van der Waals surface area contributed by atoms with Crippen molar-refractivity contribution in [3.8, 4) is 5.75 Å². The van der Waals surface area contributed by atoms with Crippen molar-refractivity contribution in [2.24, 2.45) is 0 Å². The van der Waals surface area contributed by atoms with Gasteiger partial charge in [0.2, 0.25) is 0 Å². The molecule has 0 aliphatic heterocycles. The molecule has 0 aliphatic rings. The predicted octanol–water partition coefficient (Wildman–Crippen LogP) is 4.53. The molecule has 0 saturated carbocycles. The average molecular weight is 296 g/mol. The van der Waals surface area contributed by atoms with Crippen molar-refractivity contribution in [3.63, 3.8) is 0 Å². The minimum absolute atomic E-state index is 0.350. The van der Waals surface area contributed by atoms with Gasteiger partial charge in [-0.1, -0.05) is 42.0 Å². The molecule has 0 saturated heterocycles. The van der Waals surface area contributed by atoms with Gasteiger partial charge in [0.25, 0.3) is 0 Å². The van der Waals surface area contributed by atoms with Gasteiger partial charge in [-0.25, -0.2) is 0 Å². The Morgan fingerprint density at radius 3 is 2.09 bits per heavy atom. The van der Waals surface area contributed by atoms with Crippen LogP contribution in [0.2, 0.25) is 0 Å². The summed E-state index contributed by atoms with van der Waals surface area (Å²) in [6.07, 6.45) is 4.02. The zero-order chi connectivity index (χ0) is 15.8. The van der Waals surface area contributed by atoms with Crippen LogP contribution in [0.3, 0.4) is 0 Å². The van der Waals surface area contributed by atoms with Gasteiger partial charge in [0.15, 0.2) is 0 Å². The van der Waals surface area contributed by atoms with Crippen LogP contribution in [0.4, 0.5) is 0 Å². The van der Waals surface area contributed by atoms with Gasteiger partial charge in [0.05, 0.1) is 7.11 Å². The second-order valence-electron chi connectivity index (χ2n) is 5.73. The second kappa shape index (κ2) is 8.38. The Bertz CT molecular complexity index is 582. The lowest BCUT2D eigenvalue weighted by Crippen LogP contribution is -2.01. The van der Waals surface area contributed by atoms with E-state index >= 15 is 0 Å². The van der Waals surface area contributed by atoms with E-state index in [0.717, 1.165) is 25.0 Å². The topological polar surface area (TPSA) is 26.3 Å². The predicted molar refractivity (Wildman–Crippen MR) is 90.4 cm³/mol. The highest BCUT2D eigenvalue weighted by molar-refractivity contribution is 5.78. The molecule has 2 heteroatoms. The molecule has 0 aliphatic carbocycles. The van der Waals surface area contributed by atoms with E-state index in [9.17, 15) is 4.79 Å². The van der Waals surface area contributed by atoms with Crippen molar-refractivity contribution in [3.05, 3.63) is 65.2 Å². The quantitative estimate of drug-likeness (QED) is 0.715. The molecule has 0 atom stereocenters. The lowest BCUT2D eigenvalue weighted by atomic mass is 10.0. The summed E-state index contributed by atoms with van der Waals surface area (Å²) in [5.74, 6) is 1.20. The molecule has 0 spiro atoms. The lowest BCUT2D eigenvalue weighted by molar-refractivity contribution is -0.119. The SMILES string of the molecule is COc1ccc(CCC(=O)CCCc2ccc(C)cc2)cc1. The van der Waals surface area contributed by atoms with E-state index in [2.05, 4.69) is 31.2 Å². The number of benzene rings is 2. The third-order valence-corrected chi connectivity index (χ3v) is 3.89. The van der Waals surface area contributed by atoms with E-state index in [1.165, 1.54) is 16.7 Å². The van der Waals surface area contributed by atoms with Crippen LogP contribution < -0.4 is 4.74 Å². The number of ketones is 1. The van der Waals surface area contributed by atoms with Gasteiger partial charge in [-0.3, -0.25) is 4.79 Å². The smallest absolute Gasteiger partial charge is 0.133 e. The number of hydrogen-bond donors (Lipinski definition) is 0. The molecule has 0 bridgehead atoms. The van der Waals surface area contributed by atoms with E-state index in [0.29, 0.717) is 18.6 Å². The highest BCUT2D eigenvalue weighted by Gasteiger charge is 2.04. The lowest BCUT2D eigenvalue weighted by Gasteiger charge is -2.04. The van der Waals surface area contributed by atoms with E-state index in [1.54, 1.807) is 7.11 Å². The number of aryl methyl sites for hydroxylation is 3. The molecule has 0 amide bonds. The third kappa shape index (κ3) is 5.36. The first-order valence-electron chi connectivity index (χ1n) is 7.87. The fourth-order valence-corrected chi connectivity index (χ4v) is 2.45. The zero-order valence-corrected chi connectivity index (χ0v) is 13.5. The number of carbonyl (C=O) groups excluding carboxylic acids is 1. The third-order valence-electron chi connectivity index (χ3n) is 3.89. The molecule has 22 heavy (non-hydrogen) atoms. The van der Waals surface area contributed by atoms with Crippen molar-refractivity contribution >= 4 is 5.78 Å². The van der Waals surface area contributed by atoms with E-state index < -0.39 is 0 Å². The number of Topliss-reactive ketones (excluding diaryl/α,β-unsaturated/α-hetero) is 1. The Morgan fingerprint density at radius 2 is 1.45 bits per heavy atom. The Kier molecular flexibility index (Phi) is 6.20. The van der Waals surface area contributed by atoms with Crippen LogP contribution in [0.5, 0.6) is 5.75 Å². The van der Waals surface area contributed by atoms with Gasteiger partial charge in [0, 0.05) is 12.8 Å². The molecule has 0 N–H and O–H groups in total. The molecular weight excluding hydrogens is 272 g/mol.